The van der Waals surface area contributed by atoms with Crippen molar-refractivity contribution in [3.05, 3.63) is 65.6 Å². The van der Waals surface area contributed by atoms with Crippen molar-refractivity contribution >= 4 is 34.1 Å². The number of fused-ring (bicyclic) bond motifs is 2. The number of hydrogen-bond donors (Lipinski definition) is 3. The van der Waals surface area contributed by atoms with Crippen LogP contribution in [0.5, 0.6) is 17.2 Å². The molecule has 5 rings (SSSR count). The Kier molecular flexibility index (Phi) is 4.59. The summed E-state index contributed by atoms with van der Waals surface area (Å²) in [5, 5.41) is 10.3. The fourth-order valence-corrected chi connectivity index (χ4v) is 3.49. The Balaban J connectivity index is 1.41. The van der Waals surface area contributed by atoms with Gasteiger partial charge < -0.3 is 25.4 Å². The van der Waals surface area contributed by atoms with E-state index in [-0.39, 0.29) is 12.6 Å². The van der Waals surface area contributed by atoms with Gasteiger partial charge in [0.15, 0.2) is 6.73 Å². The number of nitrogens with zero attached hydrogens (tertiary/aromatic N) is 1. The summed E-state index contributed by atoms with van der Waals surface area (Å²) in [5.41, 5.74) is 1.86. The minimum atomic E-state index is -0.188. The SMILES string of the molecule is C=C(Nc1ccc(Oc2ccnc3cc4c(cc23)C(=O)NCO4)cc1Cl)NC1CC1. The Bertz CT molecular complexity index is 1180. The molecular formula is C22H19ClN4O3. The highest BCUT2D eigenvalue weighted by atomic mass is 35.5. The molecule has 152 valence electrons. The summed E-state index contributed by atoms with van der Waals surface area (Å²) in [7, 11) is 0. The van der Waals surface area contributed by atoms with Crippen molar-refractivity contribution in [1.82, 2.24) is 15.6 Å². The van der Waals surface area contributed by atoms with E-state index >= 15 is 0 Å². The third-order valence-corrected chi connectivity index (χ3v) is 5.23. The van der Waals surface area contributed by atoms with Gasteiger partial charge in [0.1, 0.15) is 17.2 Å². The van der Waals surface area contributed by atoms with Crippen molar-refractivity contribution in [1.29, 1.82) is 0 Å². The Labute approximate surface area is 178 Å². The Morgan fingerprint density at radius 1 is 1.27 bits per heavy atom. The van der Waals surface area contributed by atoms with Crippen molar-refractivity contribution < 1.29 is 14.3 Å². The topological polar surface area (TPSA) is 84.5 Å². The molecule has 0 unspecified atom stereocenters. The number of amides is 1. The van der Waals surface area contributed by atoms with Gasteiger partial charge in [-0.1, -0.05) is 18.2 Å². The number of anilines is 1. The van der Waals surface area contributed by atoms with Crippen LogP contribution in [0.1, 0.15) is 23.2 Å². The predicted molar refractivity (Wildman–Crippen MR) is 115 cm³/mol. The maximum atomic E-state index is 12.2. The van der Waals surface area contributed by atoms with E-state index in [4.69, 9.17) is 21.1 Å². The van der Waals surface area contributed by atoms with Crippen LogP contribution in [0.2, 0.25) is 5.02 Å². The largest absolute Gasteiger partial charge is 0.472 e. The van der Waals surface area contributed by atoms with Crippen molar-refractivity contribution in [2.45, 2.75) is 18.9 Å². The van der Waals surface area contributed by atoms with E-state index in [1.165, 1.54) is 0 Å². The van der Waals surface area contributed by atoms with Crippen molar-refractivity contribution in [2.24, 2.45) is 0 Å². The summed E-state index contributed by atoms with van der Waals surface area (Å²) >= 11 is 6.43. The fourth-order valence-electron chi connectivity index (χ4n) is 3.27. The molecule has 2 aliphatic rings. The number of benzene rings is 2. The Morgan fingerprint density at radius 3 is 2.93 bits per heavy atom. The second-order valence-corrected chi connectivity index (χ2v) is 7.64. The highest BCUT2D eigenvalue weighted by molar-refractivity contribution is 6.33. The molecule has 30 heavy (non-hydrogen) atoms. The van der Waals surface area contributed by atoms with Crippen molar-refractivity contribution in [3.8, 4) is 17.2 Å². The quantitative estimate of drug-likeness (QED) is 0.546. The van der Waals surface area contributed by atoms with Gasteiger partial charge in [-0.05, 0) is 37.1 Å². The van der Waals surface area contributed by atoms with Gasteiger partial charge in [-0.3, -0.25) is 9.78 Å². The van der Waals surface area contributed by atoms with Gasteiger partial charge in [0.05, 0.1) is 27.6 Å². The summed E-state index contributed by atoms with van der Waals surface area (Å²) in [5.74, 6) is 2.18. The normalized spacial score (nSPS) is 15.0. The van der Waals surface area contributed by atoms with Crippen LogP contribution in [-0.4, -0.2) is 23.7 Å². The van der Waals surface area contributed by atoms with Gasteiger partial charge in [-0.15, -0.1) is 0 Å². The van der Waals surface area contributed by atoms with Crippen LogP contribution in [0.25, 0.3) is 10.9 Å². The molecule has 3 N–H and O–H groups in total. The van der Waals surface area contributed by atoms with Gasteiger partial charge in [-0.2, -0.15) is 0 Å². The van der Waals surface area contributed by atoms with E-state index in [2.05, 4.69) is 27.5 Å². The summed E-state index contributed by atoms with van der Waals surface area (Å²) in [6.45, 7) is 4.12. The maximum absolute atomic E-state index is 12.2. The molecule has 1 fully saturated rings. The molecule has 8 heteroatoms. The summed E-state index contributed by atoms with van der Waals surface area (Å²) < 4.78 is 11.6. The van der Waals surface area contributed by atoms with Gasteiger partial charge in [0.25, 0.3) is 5.91 Å². The molecule has 1 aliphatic heterocycles. The van der Waals surface area contributed by atoms with Crippen molar-refractivity contribution in [2.75, 3.05) is 12.0 Å². The van der Waals surface area contributed by atoms with Crippen LogP contribution in [0.3, 0.4) is 0 Å². The first kappa shape index (κ1) is 18.6. The lowest BCUT2D eigenvalue weighted by atomic mass is 10.1. The second-order valence-electron chi connectivity index (χ2n) is 7.24. The molecule has 1 amide bonds. The molecule has 0 bridgehead atoms. The number of rotatable bonds is 6. The fraction of sp³-hybridized carbons (Fsp3) is 0.182. The van der Waals surface area contributed by atoms with Crippen LogP contribution < -0.4 is 25.4 Å². The predicted octanol–water partition coefficient (Wildman–Crippen LogP) is 4.40. The standard InChI is InChI=1S/C22H19ClN4O3/c1-12(26-13-2-3-13)27-18-5-4-14(8-17(18)23)30-20-6-7-24-19-10-21-16(9-15(19)20)22(28)25-11-29-21/h4-10,13,26-27H,1-3,11H2,(H,25,28). The Morgan fingerprint density at radius 2 is 2.13 bits per heavy atom. The van der Waals surface area contributed by atoms with E-state index in [0.29, 0.717) is 44.8 Å². The van der Waals surface area contributed by atoms with E-state index in [1.54, 1.807) is 30.5 Å². The van der Waals surface area contributed by atoms with Crippen LogP contribution in [0.4, 0.5) is 5.69 Å². The number of ether oxygens (including phenoxy) is 2. The van der Waals surface area contributed by atoms with Gasteiger partial charge in [-0.25, -0.2) is 0 Å². The molecule has 0 atom stereocenters. The number of halogens is 1. The highest BCUT2D eigenvalue weighted by Gasteiger charge is 2.22. The van der Waals surface area contributed by atoms with Crippen LogP contribution in [0.15, 0.2) is 55.0 Å². The molecule has 2 heterocycles. The number of carbonyl (C=O) groups is 1. The lowest BCUT2D eigenvalue weighted by Gasteiger charge is -2.19. The summed E-state index contributed by atoms with van der Waals surface area (Å²) in [4.78, 5) is 16.5. The first-order valence-electron chi connectivity index (χ1n) is 9.60. The summed E-state index contributed by atoms with van der Waals surface area (Å²) in [6, 6.07) is 11.1. The second kappa shape index (κ2) is 7.42. The van der Waals surface area contributed by atoms with Crippen LogP contribution >= 0.6 is 11.6 Å². The average molecular weight is 423 g/mol. The number of hydrogen-bond acceptors (Lipinski definition) is 6. The van der Waals surface area contributed by atoms with E-state index in [9.17, 15) is 4.79 Å². The zero-order chi connectivity index (χ0) is 20.7. The zero-order valence-corrected chi connectivity index (χ0v) is 16.8. The van der Waals surface area contributed by atoms with Crippen LogP contribution in [-0.2, 0) is 0 Å². The Hall–Kier alpha value is -3.45. The lowest BCUT2D eigenvalue weighted by Crippen LogP contribution is -2.32. The third kappa shape index (κ3) is 3.71. The number of aromatic nitrogens is 1. The molecule has 7 nitrogen and oxygen atoms in total. The van der Waals surface area contributed by atoms with E-state index in [0.717, 1.165) is 24.4 Å². The van der Waals surface area contributed by atoms with Gasteiger partial charge >= 0.3 is 0 Å². The molecule has 2 aromatic carbocycles. The smallest absolute Gasteiger partial charge is 0.257 e. The highest BCUT2D eigenvalue weighted by Crippen LogP contribution is 2.36. The van der Waals surface area contributed by atoms with Crippen molar-refractivity contribution in [3.63, 3.8) is 0 Å². The molecule has 3 aromatic rings. The minimum Gasteiger partial charge on any atom is -0.472 e. The van der Waals surface area contributed by atoms with E-state index in [1.807, 2.05) is 12.1 Å². The molecule has 1 saturated carbocycles. The monoisotopic (exact) mass is 422 g/mol. The minimum absolute atomic E-state index is 0.148. The van der Waals surface area contributed by atoms with E-state index < -0.39 is 0 Å². The maximum Gasteiger partial charge on any atom is 0.257 e. The molecule has 0 radical (unpaired) electrons. The number of pyridine rings is 1. The molecule has 0 spiro atoms. The first-order chi connectivity index (χ1) is 14.6. The summed E-state index contributed by atoms with van der Waals surface area (Å²) in [6.07, 6.45) is 3.98. The molecule has 0 saturated heterocycles. The van der Waals surface area contributed by atoms with Crippen LogP contribution in [0, 0.1) is 0 Å². The van der Waals surface area contributed by atoms with Gasteiger partial charge in [0.2, 0.25) is 0 Å². The molecule has 1 aromatic heterocycles. The number of carbonyl (C=O) groups excluding carboxylic acids is 1. The third-order valence-electron chi connectivity index (χ3n) is 4.92. The number of nitrogens with one attached hydrogen (secondary N) is 3. The van der Waals surface area contributed by atoms with Gasteiger partial charge in [0, 0.05) is 29.8 Å². The molecule has 1 aliphatic carbocycles. The lowest BCUT2D eigenvalue weighted by molar-refractivity contribution is 0.0884. The molecular weight excluding hydrogens is 404 g/mol. The first-order valence-corrected chi connectivity index (χ1v) is 9.98. The zero-order valence-electron chi connectivity index (χ0n) is 16.0. The average Bonchev–Trinajstić information content (AvgIpc) is 3.53.